The topological polar surface area (TPSA) is 43.8 Å². The molecule has 0 amide bonds. The number of hydrogen-bond acceptors (Lipinski definition) is 2. The summed E-state index contributed by atoms with van der Waals surface area (Å²) in [6, 6.07) is 15.4. The Morgan fingerprint density at radius 2 is 1.82 bits per heavy atom. The van der Waals surface area contributed by atoms with Crippen molar-refractivity contribution in [3.05, 3.63) is 65.6 Å². The summed E-state index contributed by atoms with van der Waals surface area (Å²) >= 11 is 0. The minimum Gasteiger partial charge on any atom is -0.326 e. The van der Waals surface area contributed by atoms with Gasteiger partial charge in [0, 0.05) is 29.9 Å². The average molecular weight is 378 g/mol. The van der Waals surface area contributed by atoms with Gasteiger partial charge in [0.1, 0.15) is 11.5 Å². The van der Waals surface area contributed by atoms with Crippen molar-refractivity contribution in [1.29, 1.82) is 0 Å². The number of nitrogens with zero attached hydrogens (tertiary/aromatic N) is 2. The second-order valence-corrected chi connectivity index (χ2v) is 7.88. The van der Waals surface area contributed by atoms with Crippen LogP contribution < -0.4 is 5.73 Å². The highest BCUT2D eigenvalue weighted by molar-refractivity contribution is 5.83. The molecule has 3 nitrogen and oxygen atoms in total. The van der Waals surface area contributed by atoms with Crippen LogP contribution in [0.15, 0.2) is 48.5 Å². The third-order valence-electron chi connectivity index (χ3n) is 5.95. The van der Waals surface area contributed by atoms with Crippen LogP contribution in [0, 0.1) is 18.7 Å². The monoisotopic (exact) mass is 377 g/mol. The van der Waals surface area contributed by atoms with Gasteiger partial charge in [0.2, 0.25) is 0 Å². The highest BCUT2D eigenvalue weighted by atomic mass is 19.1. The first-order valence-corrected chi connectivity index (χ1v) is 10.3. The lowest BCUT2D eigenvalue weighted by atomic mass is 9.89. The molecule has 0 radical (unpaired) electrons. The fourth-order valence-corrected chi connectivity index (χ4v) is 4.35. The van der Waals surface area contributed by atoms with E-state index in [0.717, 1.165) is 34.6 Å². The lowest BCUT2D eigenvalue weighted by Gasteiger charge is -2.22. The molecule has 4 rings (SSSR count). The molecular weight excluding hydrogens is 349 g/mol. The van der Waals surface area contributed by atoms with Gasteiger partial charge in [0.05, 0.1) is 0 Å². The zero-order valence-corrected chi connectivity index (χ0v) is 16.5. The fraction of sp³-hybridized carbons (Fsp3) is 0.375. The normalized spacial score (nSPS) is 15.1. The maximum Gasteiger partial charge on any atom is 0.133 e. The standard InChI is InChI=1S/C24H28FN3/c1-17-23(20-10-6-3-7-11-20)24(21-13-12-19(15-26)14-22(21)25)27-28(17)16-18-8-4-2-5-9-18/h3,6-7,10-14,18H,2,4-5,8-9,15-16,26H2,1H3. The van der Waals surface area contributed by atoms with Crippen LogP contribution in [0.2, 0.25) is 0 Å². The summed E-state index contributed by atoms with van der Waals surface area (Å²) in [7, 11) is 0. The summed E-state index contributed by atoms with van der Waals surface area (Å²) in [6.07, 6.45) is 6.47. The molecule has 0 saturated heterocycles. The molecule has 0 spiro atoms. The molecule has 0 atom stereocenters. The smallest absolute Gasteiger partial charge is 0.133 e. The maximum atomic E-state index is 14.9. The Morgan fingerprint density at radius 3 is 2.50 bits per heavy atom. The van der Waals surface area contributed by atoms with Gasteiger partial charge in [-0.2, -0.15) is 5.10 Å². The molecule has 2 aromatic carbocycles. The van der Waals surface area contributed by atoms with Gasteiger partial charge in [-0.25, -0.2) is 4.39 Å². The Hall–Kier alpha value is -2.46. The van der Waals surface area contributed by atoms with Crippen molar-refractivity contribution in [2.45, 2.75) is 52.1 Å². The molecule has 0 bridgehead atoms. The van der Waals surface area contributed by atoms with Gasteiger partial charge >= 0.3 is 0 Å². The van der Waals surface area contributed by atoms with Crippen molar-refractivity contribution in [1.82, 2.24) is 9.78 Å². The molecule has 3 aromatic rings. The molecule has 4 heteroatoms. The molecule has 1 aliphatic carbocycles. The Morgan fingerprint density at radius 1 is 1.07 bits per heavy atom. The first-order chi connectivity index (χ1) is 13.7. The molecule has 0 aliphatic heterocycles. The molecule has 1 aliphatic rings. The second-order valence-electron chi connectivity index (χ2n) is 7.88. The fourth-order valence-electron chi connectivity index (χ4n) is 4.35. The molecule has 28 heavy (non-hydrogen) atoms. The van der Waals surface area contributed by atoms with E-state index < -0.39 is 0 Å². The van der Waals surface area contributed by atoms with E-state index in [1.54, 1.807) is 0 Å². The van der Waals surface area contributed by atoms with Crippen molar-refractivity contribution in [3.63, 3.8) is 0 Å². The van der Waals surface area contributed by atoms with E-state index in [-0.39, 0.29) is 5.82 Å². The van der Waals surface area contributed by atoms with Gasteiger partial charge in [-0.1, -0.05) is 55.7 Å². The molecule has 2 N–H and O–H groups in total. The Kier molecular flexibility index (Phi) is 5.58. The lowest BCUT2D eigenvalue weighted by Crippen LogP contribution is -2.16. The number of nitrogens with two attached hydrogens (primary N) is 1. The van der Waals surface area contributed by atoms with E-state index in [9.17, 15) is 4.39 Å². The average Bonchev–Trinajstić information content (AvgIpc) is 3.05. The number of halogens is 1. The molecule has 1 fully saturated rings. The number of hydrogen-bond donors (Lipinski definition) is 1. The lowest BCUT2D eigenvalue weighted by molar-refractivity contribution is 0.306. The van der Waals surface area contributed by atoms with Crippen molar-refractivity contribution < 1.29 is 4.39 Å². The first kappa shape index (κ1) is 18.9. The van der Waals surface area contributed by atoms with Crippen LogP contribution in [0.1, 0.15) is 43.4 Å². The van der Waals surface area contributed by atoms with Crippen LogP contribution in [-0.2, 0) is 13.1 Å². The minimum absolute atomic E-state index is 0.262. The van der Waals surface area contributed by atoms with E-state index in [2.05, 4.69) is 23.7 Å². The van der Waals surface area contributed by atoms with Crippen molar-refractivity contribution in [2.75, 3.05) is 0 Å². The van der Waals surface area contributed by atoms with Gasteiger partial charge in [-0.15, -0.1) is 0 Å². The van der Waals surface area contributed by atoms with E-state index in [4.69, 9.17) is 10.8 Å². The van der Waals surface area contributed by atoms with E-state index in [1.165, 1.54) is 38.2 Å². The van der Waals surface area contributed by atoms with Gasteiger partial charge in [0.25, 0.3) is 0 Å². The summed E-state index contributed by atoms with van der Waals surface area (Å²) < 4.78 is 17.0. The van der Waals surface area contributed by atoms with Crippen LogP contribution in [0.3, 0.4) is 0 Å². The van der Waals surface area contributed by atoms with Gasteiger partial charge in [0.15, 0.2) is 0 Å². The third kappa shape index (κ3) is 3.74. The summed E-state index contributed by atoms with van der Waals surface area (Å²) in [6.45, 7) is 3.35. The molecule has 1 aromatic heterocycles. The molecule has 0 unspecified atom stereocenters. The molecule has 146 valence electrons. The predicted octanol–water partition coefficient (Wildman–Crippen LogP) is 5.70. The quantitative estimate of drug-likeness (QED) is 0.619. The summed E-state index contributed by atoms with van der Waals surface area (Å²) in [5, 5.41) is 4.91. The zero-order valence-electron chi connectivity index (χ0n) is 16.5. The Balaban J connectivity index is 1.81. The number of benzene rings is 2. The summed E-state index contributed by atoms with van der Waals surface area (Å²) in [5.41, 5.74) is 10.9. The van der Waals surface area contributed by atoms with E-state index in [1.807, 2.05) is 30.3 Å². The molecular formula is C24H28FN3. The van der Waals surface area contributed by atoms with Crippen molar-refractivity contribution >= 4 is 0 Å². The maximum absolute atomic E-state index is 14.9. The first-order valence-electron chi connectivity index (χ1n) is 10.3. The van der Waals surface area contributed by atoms with Crippen LogP contribution in [0.5, 0.6) is 0 Å². The number of rotatable bonds is 5. The predicted molar refractivity (Wildman–Crippen MR) is 112 cm³/mol. The van der Waals surface area contributed by atoms with Gasteiger partial charge in [-0.05, 0) is 48.9 Å². The summed E-state index contributed by atoms with van der Waals surface area (Å²) in [4.78, 5) is 0. The highest BCUT2D eigenvalue weighted by Crippen LogP contribution is 2.36. The van der Waals surface area contributed by atoms with E-state index in [0.29, 0.717) is 18.0 Å². The largest absolute Gasteiger partial charge is 0.326 e. The van der Waals surface area contributed by atoms with E-state index >= 15 is 0 Å². The Bertz CT molecular complexity index is 940. The van der Waals surface area contributed by atoms with Crippen LogP contribution >= 0.6 is 0 Å². The summed E-state index contributed by atoms with van der Waals surface area (Å²) in [5.74, 6) is 0.399. The SMILES string of the molecule is Cc1c(-c2ccccc2)c(-c2ccc(CN)cc2F)nn1CC1CCCCC1. The highest BCUT2D eigenvalue weighted by Gasteiger charge is 2.22. The van der Waals surface area contributed by atoms with Gasteiger partial charge < -0.3 is 5.73 Å². The number of aromatic nitrogens is 2. The Labute approximate surface area is 166 Å². The third-order valence-corrected chi connectivity index (χ3v) is 5.95. The van der Waals surface area contributed by atoms with Gasteiger partial charge in [-0.3, -0.25) is 4.68 Å². The van der Waals surface area contributed by atoms with Crippen LogP contribution in [0.25, 0.3) is 22.4 Å². The second kappa shape index (κ2) is 8.27. The molecule has 1 heterocycles. The van der Waals surface area contributed by atoms with Crippen molar-refractivity contribution in [3.8, 4) is 22.4 Å². The van der Waals surface area contributed by atoms with Crippen LogP contribution in [-0.4, -0.2) is 9.78 Å². The van der Waals surface area contributed by atoms with Crippen molar-refractivity contribution in [2.24, 2.45) is 11.7 Å². The van der Waals surface area contributed by atoms with Crippen LogP contribution in [0.4, 0.5) is 4.39 Å². The minimum atomic E-state index is -0.262. The zero-order chi connectivity index (χ0) is 19.5. The molecule has 1 saturated carbocycles.